The number of fused-ring (bicyclic) bond motifs is 4. The summed E-state index contributed by atoms with van der Waals surface area (Å²) >= 11 is 6.86. The molecule has 3 aromatic carbocycles. The number of nitrogens with zero attached hydrogens (tertiary/aromatic N) is 2. The van der Waals surface area contributed by atoms with Crippen LogP contribution in [0, 0.1) is 0 Å². The molecule has 1 aliphatic carbocycles. The maximum absolute atomic E-state index is 13.9. The van der Waals surface area contributed by atoms with Gasteiger partial charge in [0.05, 0.1) is 11.1 Å². The van der Waals surface area contributed by atoms with Crippen molar-refractivity contribution in [2.75, 3.05) is 0 Å². The molecule has 0 N–H and O–H groups in total. The Bertz CT molecular complexity index is 1550. The summed E-state index contributed by atoms with van der Waals surface area (Å²) in [4.78, 5) is 21.2. The van der Waals surface area contributed by atoms with Crippen molar-refractivity contribution < 1.29 is 0 Å². The summed E-state index contributed by atoms with van der Waals surface area (Å²) in [6.45, 7) is 0. The van der Waals surface area contributed by atoms with Crippen molar-refractivity contribution in [3.8, 4) is 5.69 Å². The van der Waals surface area contributed by atoms with Crippen LogP contribution in [0.15, 0.2) is 81.2 Å². The molecule has 0 bridgehead atoms. The van der Waals surface area contributed by atoms with Gasteiger partial charge in [-0.2, -0.15) is 0 Å². The van der Waals surface area contributed by atoms with Gasteiger partial charge in [0.25, 0.3) is 5.56 Å². The van der Waals surface area contributed by atoms with E-state index in [1.807, 2.05) is 28.8 Å². The number of aromatic nitrogens is 2. The third-order valence-electron chi connectivity index (χ3n) is 6.28. The van der Waals surface area contributed by atoms with Gasteiger partial charge in [0.1, 0.15) is 4.83 Å². The molecule has 0 unspecified atom stereocenters. The molecule has 2 aromatic heterocycles. The highest BCUT2D eigenvalue weighted by Gasteiger charge is 2.23. The van der Waals surface area contributed by atoms with E-state index in [0.29, 0.717) is 0 Å². The molecule has 0 atom stereocenters. The molecule has 2 heterocycles. The average molecular weight is 534 g/mol. The Labute approximate surface area is 208 Å². The van der Waals surface area contributed by atoms with Gasteiger partial charge >= 0.3 is 0 Å². The molecule has 0 radical (unpaired) electrons. The summed E-state index contributed by atoms with van der Waals surface area (Å²) in [6.07, 6.45) is 4.39. The highest BCUT2D eigenvalue weighted by atomic mass is 79.9. The number of halogens is 1. The third-order valence-corrected chi connectivity index (χ3v) is 8.98. The Kier molecular flexibility index (Phi) is 5.60. The first-order valence-corrected chi connectivity index (χ1v) is 13.7. The Morgan fingerprint density at radius 1 is 0.970 bits per heavy atom. The van der Waals surface area contributed by atoms with E-state index in [-0.39, 0.29) is 5.56 Å². The van der Waals surface area contributed by atoms with Crippen molar-refractivity contribution in [2.24, 2.45) is 0 Å². The molecule has 164 valence electrons. The second kappa shape index (κ2) is 8.75. The molecule has 0 saturated carbocycles. The minimum absolute atomic E-state index is 0.0575. The van der Waals surface area contributed by atoms with Gasteiger partial charge in [0.2, 0.25) is 0 Å². The quantitative estimate of drug-likeness (QED) is 0.177. The van der Waals surface area contributed by atoms with Crippen molar-refractivity contribution in [3.05, 3.63) is 97.6 Å². The van der Waals surface area contributed by atoms with Crippen LogP contribution in [0.2, 0.25) is 0 Å². The molecule has 0 amide bonds. The van der Waals surface area contributed by atoms with Crippen LogP contribution in [0.25, 0.3) is 26.7 Å². The molecule has 3 nitrogen and oxygen atoms in total. The smallest absolute Gasteiger partial charge is 0.267 e. The lowest BCUT2D eigenvalue weighted by atomic mass is 9.97. The SMILES string of the molecule is O=c1c2c3c(sc2nc(SCc2cccc4ccccc24)n1-c1ccc(Br)cc1)CCCC3. The molecule has 5 aromatic rings. The van der Waals surface area contributed by atoms with Crippen LogP contribution in [0.3, 0.4) is 0 Å². The van der Waals surface area contributed by atoms with E-state index in [1.165, 1.54) is 33.2 Å². The molecule has 6 heteroatoms. The van der Waals surface area contributed by atoms with Gasteiger partial charge in [0.15, 0.2) is 5.16 Å². The Balaban J connectivity index is 1.50. The number of hydrogen-bond acceptors (Lipinski definition) is 4. The predicted octanol–water partition coefficient (Wildman–Crippen LogP) is 7.53. The molecule has 6 rings (SSSR count). The number of benzene rings is 3. The second-order valence-electron chi connectivity index (χ2n) is 8.33. The van der Waals surface area contributed by atoms with E-state index in [4.69, 9.17) is 4.98 Å². The number of rotatable bonds is 4. The summed E-state index contributed by atoms with van der Waals surface area (Å²) in [5.74, 6) is 0.751. The lowest BCUT2D eigenvalue weighted by Gasteiger charge is -2.14. The molecular weight excluding hydrogens is 512 g/mol. The van der Waals surface area contributed by atoms with Crippen molar-refractivity contribution in [3.63, 3.8) is 0 Å². The van der Waals surface area contributed by atoms with Crippen LogP contribution in [-0.4, -0.2) is 9.55 Å². The highest BCUT2D eigenvalue weighted by Crippen LogP contribution is 2.36. The molecule has 0 spiro atoms. The van der Waals surface area contributed by atoms with Crippen molar-refractivity contribution >= 4 is 60.0 Å². The monoisotopic (exact) mass is 532 g/mol. The van der Waals surface area contributed by atoms with E-state index < -0.39 is 0 Å². The molecule has 0 fully saturated rings. The Morgan fingerprint density at radius 2 is 1.76 bits per heavy atom. The zero-order valence-electron chi connectivity index (χ0n) is 17.9. The molecule has 0 saturated heterocycles. The first-order chi connectivity index (χ1) is 16.2. The van der Waals surface area contributed by atoms with Crippen LogP contribution in [0.1, 0.15) is 28.8 Å². The lowest BCUT2D eigenvalue weighted by Crippen LogP contribution is -2.22. The van der Waals surface area contributed by atoms with Gasteiger partial charge in [-0.1, -0.05) is 70.2 Å². The van der Waals surface area contributed by atoms with E-state index in [2.05, 4.69) is 58.4 Å². The Hall–Kier alpha value is -2.41. The topological polar surface area (TPSA) is 34.9 Å². The van der Waals surface area contributed by atoms with Gasteiger partial charge in [-0.15, -0.1) is 11.3 Å². The number of thioether (sulfide) groups is 1. The fourth-order valence-corrected chi connectivity index (χ4v) is 7.25. The summed E-state index contributed by atoms with van der Waals surface area (Å²) in [6, 6.07) is 22.8. The van der Waals surface area contributed by atoms with Gasteiger partial charge < -0.3 is 0 Å². The fourth-order valence-electron chi connectivity index (χ4n) is 4.66. The van der Waals surface area contributed by atoms with Crippen LogP contribution in [-0.2, 0) is 18.6 Å². The van der Waals surface area contributed by atoms with Crippen LogP contribution in [0.5, 0.6) is 0 Å². The first kappa shape index (κ1) is 21.1. The third kappa shape index (κ3) is 3.84. The van der Waals surface area contributed by atoms with E-state index >= 15 is 0 Å². The van der Waals surface area contributed by atoms with Gasteiger partial charge in [-0.25, -0.2) is 4.98 Å². The molecule has 33 heavy (non-hydrogen) atoms. The van der Waals surface area contributed by atoms with E-state index in [1.54, 1.807) is 23.1 Å². The second-order valence-corrected chi connectivity index (χ2v) is 11.3. The van der Waals surface area contributed by atoms with Gasteiger partial charge in [0, 0.05) is 15.1 Å². The van der Waals surface area contributed by atoms with Crippen molar-refractivity contribution in [2.45, 2.75) is 36.6 Å². The van der Waals surface area contributed by atoms with Gasteiger partial charge in [-0.05, 0) is 71.8 Å². The maximum atomic E-state index is 13.9. The van der Waals surface area contributed by atoms with Crippen LogP contribution >= 0.6 is 39.0 Å². The normalized spacial score (nSPS) is 13.5. The van der Waals surface area contributed by atoms with Gasteiger partial charge in [-0.3, -0.25) is 9.36 Å². The number of thiophene rings is 1. The summed E-state index contributed by atoms with van der Waals surface area (Å²) in [5, 5.41) is 4.06. The molecule has 1 aliphatic rings. The maximum Gasteiger partial charge on any atom is 0.267 e. The highest BCUT2D eigenvalue weighted by molar-refractivity contribution is 9.10. The lowest BCUT2D eigenvalue weighted by molar-refractivity contribution is 0.699. The van der Waals surface area contributed by atoms with Crippen molar-refractivity contribution in [1.82, 2.24) is 9.55 Å². The predicted molar refractivity (Wildman–Crippen MR) is 143 cm³/mol. The van der Waals surface area contributed by atoms with E-state index in [0.717, 1.165) is 50.5 Å². The van der Waals surface area contributed by atoms with Crippen molar-refractivity contribution in [1.29, 1.82) is 0 Å². The summed E-state index contributed by atoms with van der Waals surface area (Å²) in [5.41, 5.74) is 3.39. The van der Waals surface area contributed by atoms with E-state index in [9.17, 15) is 4.79 Å². The average Bonchev–Trinajstić information content (AvgIpc) is 3.22. The largest absolute Gasteiger partial charge is 0.268 e. The number of hydrogen-bond donors (Lipinski definition) is 0. The minimum atomic E-state index is 0.0575. The first-order valence-electron chi connectivity index (χ1n) is 11.1. The standard InChI is InChI=1S/C27H21BrN2OS2/c28-19-12-14-20(15-13-19)30-26(31)24-22-10-3-4-11-23(22)33-25(24)29-27(30)32-16-18-8-5-7-17-6-1-2-9-21(17)18/h1-2,5-9,12-15H,3-4,10-11,16H2. The Morgan fingerprint density at radius 3 is 2.64 bits per heavy atom. The summed E-state index contributed by atoms with van der Waals surface area (Å²) < 4.78 is 2.80. The molecule has 0 aliphatic heterocycles. The number of aryl methyl sites for hydroxylation is 2. The zero-order valence-corrected chi connectivity index (χ0v) is 21.1. The minimum Gasteiger partial charge on any atom is -0.268 e. The fraction of sp³-hybridized carbons (Fsp3) is 0.185. The summed E-state index contributed by atoms with van der Waals surface area (Å²) in [7, 11) is 0. The van der Waals surface area contributed by atoms with Crippen LogP contribution < -0.4 is 5.56 Å². The molecular formula is C27H21BrN2OS2. The zero-order chi connectivity index (χ0) is 22.4. The van der Waals surface area contributed by atoms with Crippen LogP contribution in [0.4, 0.5) is 0 Å².